The van der Waals surface area contributed by atoms with Crippen LogP contribution in [0.25, 0.3) is 5.69 Å². The third-order valence-electron chi connectivity index (χ3n) is 5.11. The number of carboxylic acids is 1. The first-order chi connectivity index (χ1) is 13.3. The molecular formula is C18H21N5O5. The van der Waals surface area contributed by atoms with Crippen LogP contribution < -0.4 is 5.32 Å². The van der Waals surface area contributed by atoms with Gasteiger partial charge in [0.2, 0.25) is 0 Å². The van der Waals surface area contributed by atoms with Gasteiger partial charge < -0.3 is 10.4 Å². The average molecular weight is 387 g/mol. The summed E-state index contributed by atoms with van der Waals surface area (Å²) < 4.78 is 1.32. The molecule has 148 valence electrons. The minimum atomic E-state index is -1.31. The topological polar surface area (TPSA) is 140 Å². The smallest absolute Gasteiger partial charge is 0.329 e. The second-order valence-electron chi connectivity index (χ2n) is 6.97. The monoisotopic (exact) mass is 387 g/mol. The first-order valence-corrected chi connectivity index (χ1v) is 9.07. The number of rotatable bonds is 5. The number of amides is 1. The molecular weight excluding hydrogens is 366 g/mol. The molecule has 0 atom stereocenters. The number of nitrogens with one attached hydrogen (secondary N) is 1. The lowest BCUT2D eigenvalue weighted by Crippen LogP contribution is -2.54. The van der Waals surface area contributed by atoms with E-state index in [-0.39, 0.29) is 11.4 Å². The Bertz CT molecular complexity index is 915. The van der Waals surface area contributed by atoms with E-state index in [1.165, 1.54) is 22.9 Å². The fourth-order valence-electron chi connectivity index (χ4n) is 3.52. The van der Waals surface area contributed by atoms with E-state index in [9.17, 15) is 24.8 Å². The SMILES string of the molecule is Cc1c(C(=O)NC2(C(=O)O)CCCCCC2)nnn1-c1cccc([N+](=O)[O-])c1. The molecule has 1 heterocycles. The molecule has 1 aliphatic carbocycles. The largest absolute Gasteiger partial charge is 0.480 e. The molecule has 2 aromatic rings. The van der Waals surface area contributed by atoms with E-state index in [0.717, 1.165) is 25.7 Å². The number of aliphatic carboxylic acids is 1. The van der Waals surface area contributed by atoms with Crippen LogP contribution in [0.5, 0.6) is 0 Å². The van der Waals surface area contributed by atoms with Crippen LogP contribution in [0.3, 0.4) is 0 Å². The molecule has 1 aromatic heterocycles. The van der Waals surface area contributed by atoms with Gasteiger partial charge in [-0.15, -0.1) is 5.10 Å². The van der Waals surface area contributed by atoms with E-state index < -0.39 is 22.3 Å². The molecule has 1 aliphatic rings. The summed E-state index contributed by atoms with van der Waals surface area (Å²) >= 11 is 0. The Morgan fingerprint density at radius 1 is 1.25 bits per heavy atom. The molecule has 10 heteroatoms. The zero-order valence-electron chi connectivity index (χ0n) is 15.4. The molecule has 2 N–H and O–H groups in total. The molecule has 0 aliphatic heterocycles. The van der Waals surface area contributed by atoms with E-state index in [1.807, 2.05) is 0 Å². The Morgan fingerprint density at radius 2 is 1.93 bits per heavy atom. The van der Waals surface area contributed by atoms with Crippen molar-refractivity contribution in [3.8, 4) is 5.69 Å². The lowest BCUT2D eigenvalue weighted by atomic mass is 9.90. The Labute approximate surface area is 160 Å². The van der Waals surface area contributed by atoms with Crippen molar-refractivity contribution in [1.29, 1.82) is 0 Å². The summed E-state index contributed by atoms with van der Waals surface area (Å²) in [6.45, 7) is 1.61. The summed E-state index contributed by atoms with van der Waals surface area (Å²) in [4.78, 5) is 35.1. The van der Waals surface area contributed by atoms with Crippen LogP contribution in [0.2, 0.25) is 0 Å². The van der Waals surface area contributed by atoms with Crippen LogP contribution in [0.1, 0.15) is 54.7 Å². The Hall–Kier alpha value is -3.30. The van der Waals surface area contributed by atoms with Gasteiger partial charge in [0.15, 0.2) is 5.69 Å². The standard InChI is InChI=1S/C18H21N5O5/c1-12-15(16(24)19-18(17(25)26)9-4-2-3-5-10-18)20-21-22(12)13-7-6-8-14(11-13)23(27)28/h6-8,11H,2-5,9-10H2,1H3,(H,19,24)(H,25,26). The maximum atomic E-state index is 12.8. The van der Waals surface area contributed by atoms with Gasteiger partial charge in [-0.05, 0) is 25.8 Å². The van der Waals surface area contributed by atoms with Crippen molar-refractivity contribution < 1.29 is 19.6 Å². The van der Waals surface area contributed by atoms with Crippen molar-refractivity contribution in [2.24, 2.45) is 0 Å². The van der Waals surface area contributed by atoms with Crippen molar-refractivity contribution in [3.05, 3.63) is 45.8 Å². The second-order valence-corrected chi connectivity index (χ2v) is 6.97. The van der Waals surface area contributed by atoms with Gasteiger partial charge in [-0.1, -0.05) is 37.0 Å². The number of benzene rings is 1. The van der Waals surface area contributed by atoms with Gasteiger partial charge in [0.25, 0.3) is 11.6 Å². The normalized spacial score (nSPS) is 16.2. The molecule has 0 bridgehead atoms. The Morgan fingerprint density at radius 3 is 2.54 bits per heavy atom. The van der Waals surface area contributed by atoms with Gasteiger partial charge in [-0.2, -0.15) is 0 Å². The van der Waals surface area contributed by atoms with Crippen molar-refractivity contribution in [2.45, 2.75) is 51.0 Å². The molecule has 0 spiro atoms. The highest BCUT2D eigenvalue weighted by Gasteiger charge is 2.41. The summed E-state index contributed by atoms with van der Waals surface area (Å²) in [5.41, 5.74) is -0.666. The van der Waals surface area contributed by atoms with Gasteiger partial charge in [0, 0.05) is 12.1 Å². The first-order valence-electron chi connectivity index (χ1n) is 9.07. The molecule has 1 fully saturated rings. The highest BCUT2D eigenvalue weighted by Crippen LogP contribution is 2.28. The molecule has 0 saturated heterocycles. The van der Waals surface area contributed by atoms with E-state index in [4.69, 9.17) is 0 Å². The molecule has 1 aromatic carbocycles. The van der Waals surface area contributed by atoms with Crippen molar-refractivity contribution in [1.82, 2.24) is 20.3 Å². The Kier molecular flexibility index (Phi) is 5.39. The summed E-state index contributed by atoms with van der Waals surface area (Å²) in [5.74, 6) is -1.66. The molecule has 0 radical (unpaired) electrons. The number of nitro groups is 1. The maximum Gasteiger partial charge on any atom is 0.329 e. The summed E-state index contributed by atoms with van der Waals surface area (Å²) in [6.07, 6.45) is 4.07. The van der Waals surface area contributed by atoms with E-state index >= 15 is 0 Å². The van der Waals surface area contributed by atoms with Crippen LogP contribution in [0.15, 0.2) is 24.3 Å². The fraction of sp³-hybridized carbons (Fsp3) is 0.444. The van der Waals surface area contributed by atoms with Crippen LogP contribution in [-0.2, 0) is 4.79 Å². The van der Waals surface area contributed by atoms with Crippen LogP contribution in [0, 0.1) is 17.0 Å². The molecule has 1 amide bonds. The van der Waals surface area contributed by atoms with Gasteiger partial charge in [0.1, 0.15) is 5.54 Å². The molecule has 3 rings (SSSR count). The molecule has 0 unspecified atom stereocenters. The van der Waals surface area contributed by atoms with Crippen LogP contribution in [-0.4, -0.2) is 42.4 Å². The van der Waals surface area contributed by atoms with E-state index in [0.29, 0.717) is 24.2 Å². The zero-order valence-corrected chi connectivity index (χ0v) is 15.4. The van der Waals surface area contributed by atoms with E-state index in [2.05, 4.69) is 15.6 Å². The lowest BCUT2D eigenvalue weighted by Gasteiger charge is -2.28. The minimum Gasteiger partial charge on any atom is -0.480 e. The number of hydrogen-bond acceptors (Lipinski definition) is 6. The zero-order chi connectivity index (χ0) is 20.3. The maximum absolute atomic E-state index is 12.8. The molecule has 1 saturated carbocycles. The predicted octanol–water partition coefficient (Wildman–Crippen LogP) is 2.39. The summed E-state index contributed by atoms with van der Waals surface area (Å²) in [7, 11) is 0. The third kappa shape index (κ3) is 3.71. The lowest BCUT2D eigenvalue weighted by molar-refractivity contribution is -0.384. The summed E-state index contributed by atoms with van der Waals surface area (Å²) in [6, 6.07) is 5.80. The highest BCUT2D eigenvalue weighted by atomic mass is 16.6. The average Bonchev–Trinajstić information content (AvgIpc) is 2.89. The predicted molar refractivity (Wildman–Crippen MR) is 98.3 cm³/mol. The molecule has 10 nitrogen and oxygen atoms in total. The van der Waals surface area contributed by atoms with Gasteiger partial charge in [-0.3, -0.25) is 14.9 Å². The summed E-state index contributed by atoms with van der Waals surface area (Å²) in [5, 5.41) is 31.2. The number of hydrogen-bond donors (Lipinski definition) is 2. The number of carbonyl (C=O) groups excluding carboxylic acids is 1. The van der Waals surface area contributed by atoms with Crippen molar-refractivity contribution in [3.63, 3.8) is 0 Å². The van der Waals surface area contributed by atoms with Crippen LogP contribution in [0.4, 0.5) is 5.69 Å². The second kappa shape index (κ2) is 7.75. The molecule has 28 heavy (non-hydrogen) atoms. The fourth-order valence-corrected chi connectivity index (χ4v) is 3.52. The highest BCUT2D eigenvalue weighted by molar-refractivity contribution is 5.97. The Balaban J connectivity index is 1.88. The van der Waals surface area contributed by atoms with Crippen molar-refractivity contribution in [2.75, 3.05) is 0 Å². The number of non-ortho nitro benzene ring substituents is 1. The van der Waals surface area contributed by atoms with Crippen molar-refractivity contribution >= 4 is 17.6 Å². The third-order valence-corrected chi connectivity index (χ3v) is 5.11. The number of nitro benzene ring substituents is 1. The number of carbonyl (C=O) groups is 2. The quantitative estimate of drug-likeness (QED) is 0.456. The van der Waals surface area contributed by atoms with Crippen LogP contribution >= 0.6 is 0 Å². The van der Waals surface area contributed by atoms with E-state index in [1.54, 1.807) is 13.0 Å². The first kappa shape index (κ1) is 19.5. The van der Waals surface area contributed by atoms with Gasteiger partial charge in [-0.25, -0.2) is 9.48 Å². The number of carboxylic acid groups (broad SMARTS) is 1. The number of nitrogens with zero attached hydrogens (tertiary/aromatic N) is 4. The van der Waals surface area contributed by atoms with Gasteiger partial charge in [0.05, 0.1) is 16.3 Å². The number of aromatic nitrogens is 3. The minimum absolute atomic E-state index is 0.00335. The van der Waals surface area contributed by atoms with Gasteiger partial charge >= 0.3 is 5.97 Å².